The van der Waals surface area contributed by atoms with Gasteiger partial charge in [0.15, 0.2) is 11.5 Å². The molecule has 0 amide bonds. The van der Waals surface area contributed by atoms with Crippen LogP contribution in [0.3, 0.4) is 0 Å². The Morgan fingerprint density at radius 3 is 2.95 bits per heavy atom. The van der Waals surface area contributed by atoms with E-state index < -0.39 is 0 Å². The molecule has 2 heterocycles. The largest absolute Gasteiger partial charge is 0.454 e. The van der Waals surface area contributed by atoms with Crippen LogP contribution in [0.2, 0.25) is 0 Å². The lowest BCUT2D eigenvalue weighted by Gasteiger charge is -2.18. The number of ether oxygens (including phenoxy) is 2. The molecule has 118 valence electrons. The third-order valence-electron chi connectivity index (χ3n) is 3.92. The summed E-state index contributed by atoms with van der Waals surface area (Å²) in [6.45, 7) is 5.27. The SMILES string of the molecule is CC(CO)C(C)NCc1csc(-c2ccc3c(c2)OCO3)n1. The molecule has 2 aromatic rings. The molecule has 1 aromatic heterocycles. The van der Waals surface area contributed by atoms with Gasteiger partial charge >= 0.3 is 0 Å². The second-order valence-electron chi connectivity index (χ2n) is 5.54. The maximum atomic E-state index is 9.16. The van der Waals surface area contributed by atoms with Crippen molar-refractivity contribution in [1.29, 1.82) is 0 Å². The molecule has 2 atom stereocenters. The van der Waals surface area contributed by atoms with E-state index >= 15 is 0 Å². The van der Waals surface area contributed by atoms with Gasteiger partial charge in [-0.2, -0.15) is 0 Å². The number of thiazole rings is 1. The predicted octanol–water partition coefficient (Wildman–Crippen LogP) is 2.65. The molecule has 0 bridgehead atoms. The minimum Gasteiger partial charge on any atom is -0.454 e. The number of aliphatic hydroxyl groups is 1. The number of fused-ring (bicyclic) bond motifs is 1. The number of nitrogens with zero attached hydrogens (tertiary/aromatic N) is 1. The van der Waals surface area contributed by atoms with Crippen LogP contribution in [0.5, 0.6) is 11.5 Å². The predicted molar refractivity (Wildman–Crippen MR) is 86.2 cm³/mol. The van der Waals surface area contributed by atoms with Crippen molar-refractivity contribution in [2.45, 2.75) is 26.4 Å². The lowest BCUT2D eigenvalue weighted by molar-refractivity contribution is 0.174. The van der Waals surface area contributed by atoms with Gasteiger partial charge in [0.1, 0.15) is 5.01 Å². The zero-order valence-electron chi connectivity index (χ0n) is 12.7. The lowest BCUT2D eigenvalue weighted by atomic mass is 10.1. The van der Waals surface area contributed by atoms with E-state index in [0.717, 1.165) is 27.8 Å². The van der Waals surface area contributed by atoms with Gasteiger partial charge in [0.25, 0.3) is 0 Å². The molecule has 0 aliphatic carbocycles. The van der Waals surface area contributed by atoms with Crippen LogP contribution < -0.4 is 14.8 Å². The van der Waals surface area contributed by atoms with Crippen LogP contribution in [0.1, 0.15) is 19.5 Å². The Kier molecular flexibility index (Phi) is 4.61. The summed E-state index contributed by atoms with van der Waals surface area (Å²) < 4.78 is 10.7. The highest BCUT2D eigenvalue weighted by molar-refractivity contribution is 7.13. The molecule has 2 N–H and O–H groups in total. The van der Waals surface area contributed by atoms with Crippen LogP contribution in [0.4, 0.5) is 0 Å². The van der Waals surface area contributed by atoms with E-state index in [1.54, 1.807) is 11.3 Å². The number of hydrogen-bond donors (Lipinski definition) is 2. The summed E-state index contributed by atoms with van der Waals surface area (Å²) in [6.07, 6.45) is 0. The van der Waals surface area contributed by atoms with E-state index in [1.807, 2.05) is 25.1 Å². The van der Waals surface area contributed by atoms with Crippen molar-refractivity contribution in [1.82, 2.24) is 10.3 Å². The summed E-state index contributed by atoms with van der Waals surface area (Å²) in [6, 6.07) is 6.14. The molecule has 6 heteroatoms. The molecule has 1 aliphatic rings. The van der Waals surface area contributed by atoms with Crippen LogP contribution in [0.25, 0.3) is 10.6 Å². The summed E-state index contributed by atoms with van der Waals surface area (Å²) in [5, 5.41) is 15.6. The van der Waals surface area contributed by atoms with Crippen LogP contribution in [-0.2, 0) is 6.54 Å². The number of aromatic nitrogens is 1. The van der Waals surface area contributed by atoms with E-state index in [2.05, 4.69) is 22.6 Å². The fourth-order valence-corrected chi connectivity index (χ4v) is 2.99. The molecule has 0 saturated carbocycles. The molecule has 1 aliphatic heterocycles. The highest BCUT2D eigenvalue weighted by atomic mass is 32.1. The minimum atomic E-state index is 0.188. The number of aliphatic hydroxyl groups excluding tert-OH is 1. The van der Waals surface area contributed by atoms with Gasteiger partial charge in [-0.25, -0.2) is 4.98 Å². The zero-order chi connectivity index (χ0) is 15.5. The van der Waals surface area contributed by atoms with Gasteiger partial charge in [0.05, 0.1) is 5.69 Å². The van der Waals surface area contributed by atoms with E-state index in [0.29, 0.717) is 6.54 Å². The Morgan fingerprint density at radius 2 is 2.14 bits per heavy atom. The van der Waals surface area contributed by atoms with Crippen LogP contribution in [0, 0.1) is 5.92 Å². The number of hydrogen-bond acceptors (Lipinski definition) is 6. The second kappa shape index (κ2) is 6.64. The van der Waals surface area contributed by atoms with Crippen LogP contribution in [-0.4, -0.2) is 29.5 Å². The lowest BCUT2D eigenvalue weighted by Crippen LogP contribution is -2.33. The highest BCUT2D eigenvalue weighted by Crippen LogP contribution is 2.36. The first-order valence-corrected chi connectivity index (χ1v) is 8.24. The van der Waals surface area contributed by atoms with E-state index in [9.17, 15) is 0 Å². The Hall–Kier alpha value is -1.63. The molecule has 3 rings (SSSR count). The number of benzene rings is 1. The molecule has 1 aromatic carbocycles. The standard InChI is InChI=1S/C16H20N2O3S/c1-10(7-19)11(2)17-6-13-8-22-16(18-13)12-3-4-14-15(5-12)21-9-20-14/h3-5,8,10-11,17,19H,6-7,9H2,1-2H3. The summed E-state index contributed by atoms with van der Waals surface area (Å²) in [7, 11) is 0. The van der Waals surface area contributed by atoms with Crippen LogP contribution >= 0.6 is 11.3 Å². The molecule has 0 fully saturated rings. The van der Waals surface area contributed by atoms with Gasteiger partial charge in [-0.15, -0.1) is 11.3 Å². The highest BCUT2D eigenvalue weighted by Gasteiger charge is 2.16. The van der Waals surface area contributed by atoms with Gasteiger partial charge in [0.2, 0.25) is 6.79 Å². The number of nitrogens with one attached hydrogen (secondary N) is 1. The van der Waals surface area contributed by atoms with Crippen molar-refractivity contribution in [2.75, 3.05) is 13.4 Å². The van der Waals surface area contributed by atoms with Gasteiger partial charge < -0.3 is 19.9 Å². The fourth-order valence-electron chi connectivity index (χ4n) is 2.18. The van der Waals surface area contributed by atoms with Gasteiger partial charge in [-0.3, -0.25) is 0 Å². The van der Waals surface area contributed by atoms with Crippen molar-refractivity contribution in [3.63, 3.8) is 0 Å². The monoisotopic (exact) mass is 320 g/mol. The molecular weight excluding hydrogens is 300 g/mol. The maximum Gasteiger partial charge on any atom is 0.231 e. The smallest absolute Gasteiger partial charge is 0.231 e. The van der Waals surface area contributed by atoms with E-state index in [-0.39, 0.29) is 25.4 Å². The summed E-state index contributed by atoms with van der Waals surface area (Å²) >= 11 is 1.62. The average molecular weight is 320 g/mol. The van der Waals surface area contributed by atoms with Crippen molar-refractivity contribution in [3.8, 4) is 22.1 Å². The summed E-state index contributed by atoms with van der Waals surface area (Å²) in [5.41, 5.74) is 2.05. The molecule has 2 unspecified atom stereocenters. The molecule has 0 saturated heterocycles. The third-order valence-corrected chi connectivity index (χ3v) is 4.86. The normalized spacial score (nSPS) is 15.8. The maximum absolute atomic E-state index is 9.16. The van der Waals surface area contributed by atoms with E-state index in [1.165, 1.54) is 0 Å². The van der Waals surface area contributed by atoms with Crippen LogP contribution in [0.15, 0.2) is 23.6 Å². The second-order valence-corrected chi connectivity index (χ2v) is 6.40. The molecule has 5 nitrogen and oxygen atoms in total. The Bertz CT molecular complexity index is 644. The Labute approximate surface area is 133 Å². The molecule has 22 heavy (non-hydrogen) atoms. The minimum absolute atomic E-state index is 0.188. The van der Waals surface area contributed by atoms with Crippen molar-refractivity contribution >= 4 is 11.3 Å². The third kappa shape index (κ3) is 3.24. The Morgan fingerprint density at radius 1 is 1.32 bits per heavy atom. The first kappa shape index (κ1) is 15.3. The topological polar surface area (TPSA) is 63.6 Å². The molecular formula is C16H20N2O3S. The molecule has 0 spiro atoms. The van der Waals surface area contributed by atoms with Gasteiger partial charge in [0, 0.05) is 30.1 Å². The summed E-state index contributed by atoms with van der Waals surface area (Å²) in [5.74, 6) is 1.79. The molecule has 0 radical (unpaired) electrons. The fraction of sp³-hybridized carbons (Fsp3) is 0.438. The van der Waals surface area contributed by atoms with Crippen molar-refractivity contribution < 1.29 is 14.6 Å². The number of rotatable bonds is 6. The Balaban J connectivity index is 1.66. The first-order chi connectivity index (χ1) is 10.7. The van der Waals surface area contributed by atoms with Gasteiger partial charge in [-0.1, -0.05) is 6.92 Å². The van der Waals surface area contributed by atoms with E-state index in [4.69, 9.17) is 14.6 Å². The average Bonchev–Trinajstić information content (AvgIpc) is 3.19. The zero-order valence-corrected chi connectivity index (χ0v) is 13.5. The van der Waals surface area contributed by atoms with Crippen molar-refractivity contribution in [2.24, 2.45) is 5.92 Å². The quantitative estimate of drug-likeness (QED) is 0.857. The van der Waals surface area contributed by atoms with Gasteiger partial charge in [-0.05, 0) is 31.0 Å². The summed E-state index contributed by atoms with van der Waals surface area (Å²) in [4.78, 5) is 4.66. The first-order valence-electron chi connectivity index (χ1n) is 7.36. The van der Waals surface area contributed by atoms with Crippen molar-refractivity contribution in [3.05, 3.63) is 29.3 Å².